The molecule has 1 aromatic heterocycles. The van der Waals surface area contributed by atoms with Crippen LogP contribution in [-0.4, -0.2) is 15.5 Å². The summed E-state index contributed by atoms with van der Waals surface area (Å²) >= 11 is 0. The molecular weight excluding hydrogens is 274 g/mol. The van der Waals surface area contributed by atoms with E-state index < -0.39 is 0 Å². The van der Waals surface area contributed by atoms with Gasteiger partial charge in [0, 0.05) is 30.1 Å². The molecule has 3 rings (SSSR count). The number of carbonyl (C=O) groups excluding carboxylic acids is 1. The van der Waals surface area contributed by atoms with E-state index in [4.69, 9.17) is 0 Å². The van der Waals surface area contributed by atoms with Crippen molar-refractivity contribution in [2.24, 2.45) is 5.92 Å². The molecule has 116 valence electrons. The van der Waals surface area contributed by atoms with Gasteiger partial charge in [-0.15, -0.1) is 0 Å². The molecule has 0 bridgehead atoms. The molecule has 0 radical (unpaired) electrons. The number of anilines is 1. The zero-order valence-corrected chi connectivity index (χ0v) is 13.3. The van der Waals surface area contributed by atoms with E-state index in [2.05, 4.69) is 34.8 Å². The van der Waals surface area contributed by atoms with Crippen LogP contribution >= 0.6 is 0 Å². The maximum atomic E-state index is 12.2. The van der Waals surface area contributed by atoms with Gasteiger partial charge >= 0.3 is 0 Å². The second-order valence-electron chi connectivity index (χ2n) is 5.90. The van der Waals surface area contributed by atoms with Crippen LogP contribution in [0.15, 0.2) is 30.5 Å². The Morgan fingerprint density at radius 1 is 1.36 bits per heavy atom. The first-order chi connectivity index (χ1) is 10.7. The van der Waals surface area contributed by atoms with E-state index in [9.17, 15) is 4.79 Å². The average Bonchev–Trinajstić information content (AvgIpc) is 3.11. The molecular formula is C18H23N3O. The van der Waals surface area contributed by atoms with Crippen molar-refractivity contribution in [3.05, 3.63) is 36.3 Å². The first kappa shape index (κ1) is 14.8. The van der Waals surface area contributed by atoms with Gasteiger partial charge in [-0.3, -0.25) is 4.79 Å². The van der Waals surface area contributed by atoms with E-state index >= 15 is 0 Å². The molecule has 1 aromatic carbocycles. The minimum Gasteiger partial charge on any atom is -0.328 e. The molecule has 0 spiro atoms. The SMILES string of the molecule is CCC(CC)C(=O)Nc1cccc(-c2cnc3n2CCC3)c1. The molecule has 4 heteroatoms. The molecule has 0 fully saturated rings. The van der Waals surface area contributed by atoms with Crippen LogP contribution in [0.4, 0.5) is 5.69 Å². The van der Waals surface area contributed by atoms with Gasteiger partial charge in [0.25, 0.3) is 0 Å². The minimum atomic E-state index is 0.0860. The van der Waals surface area contributed by atoms with Gasteiger partial charge in [-0.05, 0) is 31.4 Å². The van der Waals surface area contributed by atoms with Gasteiger partial charge in [0.1, 0.15) is 5.82 Å². The van der Waals surface area contributed by atoms with E-state index in [1.807, 2.05) is 24.4 Å². The third-order valence-corrected chi connectivity index (χ3v) is 4.50. The Morgan fingerprint density at radius 3 is 2.95 bits per heavy atom. The average molecular weight is 297 g/mol. The third kappa shape index (κ3) is 2.78. The summed E-state index contributed by atoms with van der Waals surface area (Å²) < 4.78 is 2.28. The highest BCUT2D eigenvalue weighted by atomic mass is 16.1. The van der Waals surface area contributed by atoms with Gasteiger partial charge in [-0.2, -0.15) is 0 Å². The highest BCUT2D eigenvalue weighted by Crippen LogP contribution is 2.27. The van der Waals surface area contributed by atoms with E-state index in [0.29, 0.717) is 0 Å². The highest BCUT2D eigenvalue weighted by Gasteiger charge is 2.17. The van der Waals surface area contributed by atoms with E-state index in [1.165, 1.54) is 12.2 Å². The van der Waals surface area contributed by atoms with Crippen molar-refractivity contribution in [3.63, 3.8) is 0 Å². The number of amides is 1. The summed E-state index contributed by atoms with van der Waals surface area (Å²) in [5, 5.41) is 3.05. The predicted octanol–water partition coefficient (Wildman–Crippen LogP) is 3.87. The van der Waals surface area contributed by atoms with Crippen molar-refractivity contribution in [3.8, 4) is 11.3 Å². The number of hydrogen-bond donors (Lipinski definition) is 1. The summed E-state index contributed by atoms with van der Waals surface area (Å²) in [6.45, 7) is 5.15. The Hall–Kier alpha value is -2.10. The Morgan fingerprint density at radius 2 is 2.18 bits per heavy atom. The van der Waals surface area contributed by atoms with Crippen LogP contribution in [0.25, 0.3) is 11.3 Å². The molecule has 0 atom stereocenters. The fraction of sp³-hybridized carbons (Fsp3) is 0.444. The molecule has 0 aliphatic carbocycles. The molecule has 2 heterocycles. The van der Waals surface area contributed by atoms with Crippen LogP contribution in [0.3, 0.4) is 0 Å². The molecule has 1 amide bonds. The van der Waals surface area contributed by atoms with Crippen LogP contribution in [0.2, 0.25) is 0 Å². The lowest BCUT2D eigenvalue weighted by Crippen LogP contribution is -2.21. The van der Waals surface area contributed by atoms with Gasteiger partial charge in [0.2, 0.25) is 5.91 Å². The maximum Gasteiger partial charge on any atom is 0.227 e. The number of rotatable bonds is 5. The number of fused-ring (bicyclic) bond motifs is 1. The summed E-state index contributed by atoms with van der Waals surface area (Å²) in [7, 11) is 0. The third-order valence-electron chi connectivity index (χ3n) is 4.50. The number of carbonyl (C=O) groups is 1. The number of imidazole rings is 1. The van der Waals surface area contributed by atoms with E-state index in [0.717, 1.165) is 42.8 Å². The number of hydrogen-bond acceptors (Lipinski definition) is 2. The molecule has 0 unspecified atom stereocenters. The zero-order valence-electron chi connectivity index (χ0n) is 13.3. The fourth-order valence-electron chi connectivity index (χ4n) is 3.15. The Bertz CT molecular complexity index is 671. The first-order valence-corrected chi connectivity index (χ1v) is 8.18. The topological polar surface area (TPSA) is 46.9 Å². The molecule has 2 aromatic rings. The van der Waals surface area contributed by atoms with Gasteiger partial charge in [0.15, 0.2) is 0 Å². The second kappa shape index (κ2) is 6.34. The largest absolute Gasteiger partial charge is 0.328 e. The van der Waals surface area contributed by atoms with Crippen molar-refractivity contribution >= 4 is 11.6 Å². The van der Waals surface area contributed by atoms with Crippen molar-refractivity contribution < 1.29 is 4.79 Å². The molecule has 4 nitrogen and oxygen atoms in total. The standard InChI is InChI=1S/C18H23N3O/c1-3-13(4-2)18(22)20-15-8-5-7-14(11-15)16-12-19-17-9-6-10-21(16)17/h5,7-8,11-13H,3-4,6,9-10H2,1-2H3,(H,20,22). The van der Waals surface area contributed by atoms with Crippen LogP contribution in [0.5, 0.6) is 0 Å². The number of nitrogens with one attached hydrogen (secondary N) is 1. The molecule has 22 heavy (non-hydrogen) atoms. The highest BCUT2D eigenvalue weighted by molar-refractivity contribution is 5.93. The summed E-state index contributed by atoms with van der Waals surface area (Å²) in [4.78, 5) is 16.7. The Balaban J connectivity index is 1.82. The minimum absolute atomic E-state index is 0.0860. The molecule has 1 aliphatic rings. The Labute approximate surface area is 131 Å². The summed E-state index contributed by atoms with van der Waals surface area (Å²) in [5.41, 5.74) is 3.12. The van der Waals surface area contributed by atoms with Crippen molar-refractivity contribution in [1.82, 2.24) is 9.55 Å². The zero-order chi connectivity index (χ0) is 15.5. The van der Waals surface area contributed by atoms with E-state index in [-0.39, 0.29) is 11.8 Å². The quantitative estimate of drug-likeness (QED) is 0.910. The molecule has 1 N–H and O–H groups in total. The van der Waals surface area contributed by atoms with Crippen molar-refractivity contribution in [2.45, 2.75) is 46.1 Å². The smallest absolute Gasteiger partial charge is 0.227 e. The van der Waals surface area contributed by atoms with Crippen LogP contribution in [-0.2, 0) is 17.8 Å². The number of aryl methyl sites for hydroxylation is 1. The Kier molecular flexibility index (Phi) is 4.27. The van der Waals surface area contributed by atoms with Gasteiger partial charge in [-0.1, -0.05) is 26.0 Å². The number of nitrogens with zero attached hydrogens (tertiary/aromatic N) is 2. The van der Waals surface area contributed by atoms with Crippen LogP contribution < -0.4 is 5.32 Å². The summed E-state index contributed by atoms with van der Waals surface area (Å²) in [6, 6.07) is 8.07. The van der Waals surface area contributed by atoms with Gasteiger partial charge < -0.3 is 9.88 Å². The van der Waals surface area contributed by atoms with Crippen molar-refractivity contribution in [2.75, 3.05) is 5.32 Å². The van der Waals surface area contributed by atoms with Gasteiger partial charge in [-0.25, -0.2) is 4.98 Å². The van der Waals surface area contributed by atoms with Crippen LogP contribution in [0.1, 0.15) is 38.9 Å². The van der Waals surface area contributed by atoms with Crippen molar-refractivity contribution in [1.29, 1.82) is 0 Å². The van der Waals surface area contributed by atoms with Crippen LogP contribution in [0, 0.1) is 5.92 Å². The monoisotopic (exact) mass is 297 g/mol. The fourth-order valence-corrected chi connectivity index (χ4v) is 3.15. The first-order valence-electron chi connectivity index (χ1n) is 8.18. The molecule has 0 saturated carbocycles. The summed E-state index contributed by atoms with van der Waals surface area (Å²) in [5.74, 6) is 1.37. The van der Waals surface area contributed by atoms with E-state index in [1.54, 1.807) is 0 Å². The predicted molar refractivity (Wildman–Crippen MR) is 88.7 cm³/mol. The maximum absolute atomic E-state index is 12.2. The molecule has 0 saturated heterocycles. The summed E-state index contributed by atoms with van der Waals surface area (Å²) in [6.07, 6.45) is 5.92. The number of aromatic nitrogens is 2. The van der Waals surface area contributed by atoms with Gasteiger partial charge in [0.05, 0.1) is 11.9 Å². The normalized spacial score (nSPS) is 13.4. The lowest BCUT2D eigenvalue weighted by molar-refractivity contribution is -0.120. The lowest BCUT2D eigenvalue weighted by atomic mass is 10.0. The second-order valence-corrected chi connectivity index (χ2v) is 5.90. The lowest BCUT2D eigenvalue weighted by Gasteiger charge is -2.13. The number of benzene rings is 1. The molecule has 1 aliphatic heterocycles.